The molecule has 0 amide bonds. The monoisotopic (exact) mass is 285 g/mol. The predicted molar refractivity (Wildman–Crippen MR) is 77.4 cm³/mol. The third kappa shape index (κ3) is 4.84. The summed E-state index contributed by atoms with van der Waals surface area (Å²) >= 11 is 0. The van der Waals surface area contributed by atoms with Crippen LogP contribution in [0.5, 0.6) is 5.75 Å². The van der Waals surface area contributed by atoms with E-state index >= 15 is 0 Å². The van der Waals surface area contributed by atoms with E-state index in [1.807, 2.05) is 6.92 Å². The zero-order valence-electron chi connectivity index (χ0n) is 11.8. The van der Waals surface area contributed by atoms with Gasteiger partial charge in [-0.15, -0.1) is 0 Å². The first-order valence-electron chi connectivity index (χ1n) is 6.63. The van der Waals surface area contributed by atoms with Crippen LogP contribution in [0.4, 0.5) is 0 Å². The van der Waals surface area contributed by atoms with Crippen molar-refractivity contribution in [1.29, 1.82) is 0 Å². The van der Waals surface area contributed by atoms with Crippen LogP contribution in [0.3, 0.4) is 0 Å². The van der Waals surface area contributed by atoms with E-state index in [0.29, 0.717) is 10.6 Å². The van der Waals surface area contributed by atoms with E-state index in [0.717, 1.165) is 19.4 Å². The van der Waals surface area contributed by atoms with Gasteiger partial charge in [0.2, 0.25) is 0 Å². The van der Waals surface area contributed by atoms with E-state index in [-0.39, 0.29) is 11.8 Å². The van der Waals surface area contributed by atoms with Crippen molar-refractivity contribution in [3.63, 3.8) is 0 Å². The number of methoxy groups -OCH3 is 1. The van der Waals surface area contributed by atoms with Gasteiger partial charge in [-0.3, -0.25) is 0 Å². The number of nitrogens with one attached hydrogen (secondary N) is 1. The fourth-order valence-corrected chi connectivity index (χ4v) is 3.58. The third-order valence-electron chi connectivity index (χ3n) is 2.97. The van der Waals surface area contributed by atoms with E-state index in [4.69, 9.17) is 4.74 Å². The molecule has 0 aromatic heterocycles. The summed E-state index contributed by atoms with van der Waals surface area (Å²) in [7, 11) is -1.69. The van der Waals surface area contributed by atoms with Gasteiger partial charge in [-0.25, -0.2) is 8.42 Å². The summed E-state index contributed by atoms with van der Waals surface area (Å²) in [5.41, 5.74) is 0. The SMILES string of the molecule is CCCC(CS(=O)(=O)c1ccc(OC)cc1)NCC. The predicted octanol–water partition coefficient (Wildman–Crippen LogP) is 2.25. The third-order valence-corrected chi connectivity index (χ3v) is 4.80. The number of benzene rings is 1. The number of ether oxygens (including phenoxy) is 1. The van der Waals surface area contributed by atoms with Crippen LogP contribution in [0.25, 0.3) is 0 Å². The Kier molecular flexibility index (Phi) is 6.31. The van der Waals surface area contributed by atoms with Crippen molar-refractivity contribution in [2.75, 3.05) is 19.4 Å². The van der Waals surface area contributed by atoms with Crippen LogP contribution in [-0.2, 0) is 9.84 Å². The molecule has 0 heterocycles. The molecule has 1 rings (SSSR count). The van der Waals surface area contributed by atoms with Crippen LogP contribution in [0.15, 0.2) is 29.2 Å². The van der Waals surface area contributed by atoms with Gasteiger partial charge in [0.15, 0.2) is 9.84 Å². The van der Waals surface area contributed by atoms with Crippen LogP contribution >= 0.6 is 0 Å². The first-order valence-corrected chi connectivity index (χ1v) is 8.29. The van der Waals surface area contributed by atoms with Crippen LogP contribution in [0.1, 0.15) is 26.7 Å². The molecule has 19 heavy (non-hydrogen) atoms. The van der Waals surface area contributed by atoms with E-state index < -0.39 is 9.84 Å². The zero-order valence-corrected chi connectivity index (χ0v) is 12.7. The van der Waals surface area contributed by atoms with Crippen molar-refractivity contribution < 1.29 is 13.2 Å². The molecular weight excluding hydrogens is 262 g/mol. The standard InChI is InChI=1S/C14H23NO3S/c1-4-6-12(15-5-2)11-19(16,17)14-9-7-13(18-3)8-10-14/h7-10,12,15H,4-6,11H2,1-3H3. The molecular formula is C14H23NO3S. The van der Waals surface area contributed by atoms with Crippen LogP contribution in [0, 0.1) is 0 Å². The normalized spacial score (nSPS) is 13.2. The van der Waals surface area contributed by atoms with Crippen LogP contribution in [-0.4, -0.2) is 33.9 Å². The highest BCUT2D eigenvalue weighted by Gasteiger charge is 2.20. The Morgan fingerprint density at radius 1 is 1.21 bits per heavy atom. The molecule has 0 saturated carbocycles. The molecule has 0 aliphatic carbocycles. The Labute approximate surface area is 116 Å². The summed E-state index contributed by atoms with van der Waals surface area (Å²) in [4.78, 5) is 0.354. The largest absolute Gasteiger partial charge is 0.497 e. The van der Waals surface area contributed by atoms with Crippen molar-refractivity contribution >= 4 is 9.84 Å². The van der Waals surface area contributed by atoms with Gasteiger partial charge in [-0.1, -0.05) is 20.3 Å². The Morgan fingerprint density at radius 2 is 1.84 bits per heavy atom. The fraction of sp³-hybridized carbons (Fsp3) is 0.571. The van der Waals surface area contributed by atoms with Crippen molar-refractivity contribution in [3.05, 3.63) is 24.3 Å². The Morgan fingerprint density at radius 3 is 2.32 bits per heavy atom. The molecule has 108 valence electrons. The Hall–Kier alpha value is -1.07. The molecule has 0 radical (unpaired) electrons. The first-order chi connectivity index (χ1) is 9.03. The smallest absolute Gasteiger partial charge is 0.179 e. The number of sulfone groups is 1. The van der Waals surface area contributed by atoms with Gasteiger partial charge in [-0.2, -0.15) is 0 Å². The summed E-state index contributed by atoms with van der Waals surface area (Å²) in [5, 5.41) is 3.23. The second kappa shape index (κ2) is 7.50. The quantitative estimate of drug-likeness (QED) is 0.796. The van der Waals surface area contributed by atoms with E-state index in [1.165, 1.54) is 0 Å². The highest BCUT2D eigenvalue weighted by Crippen LogP contribution is 2.18. The van der Waals surface area contributed by atoms with E-state index in [1.54, 1.807) is 31.4 Å². The lowest BCUT2D eigenvalue weighted by Crippen LogP contribution is -2.35. The number of rotatable bonds is 8. The summed E-state index contributed by atoms with van der Waals surface area (Å²) in [6.45, 7) is 4.83. The van der Waals surface area contributed by atoms with Gasteiger partial charge in [0.05, 0.1) is 17.8 Å². The van der Waals surface area contributed by atoms with Crippen molar-refractivity contribution in [1.82, 2.24) is 5.32 Å². The molecule has 0 fully saturated rings. The molecule has 5 heteroatoms. The lowest BCUT2D eigenvalue weighted by Gasteiger charge is -2.17. The van der Waals surface area contributed by atoms with Crippen molar-refractivity contribution in [2.24, 2.45) is 0 Å². The van der Waals surface area contributed by atoms with Crippen molar-refractivity contribution in [2.45, 2.75) is 37.6 Å². The highest BCUT2D eigenvalue weighted by atomic mass is 32.2. The zero-order chi connectivity index (χ0) is 14.3. The van der Waals surface area contributed by atoms with Gasteiger partial charge in [0.1, 0.15) is 5.75 Å². The van der Waals surface area contributed by atoms with Crippen LogP contribution in [0.2, 0.25) is 0 Å². The van der Waals surface area contributed by atoms with Crippen molar-refractivity contribution in [3.8, 4) is 5.75 Å². The molecule has 1 N–H and O–H groups in total. The molecule has 0 saturated heterocycles. The maximum Gasteiger partial charge on any atom is 0.179 e. The molecule has 0 aliphatic heterocycles. The lowest BCUT2D eigenvalue weighted by atomic mass is 10.2. The average Bonchev–Trinajstić information content (AvgIpc) is 2.39. The topological polar surface area (TPSA) is 55.4 Å². The second-order valence-electron chi connectivity index (χ2n) is 4.50. The Bertz CT molecular complexity index is 462. The maximum atomic E-state index is 12.3. The van der Waals surface area contributed by atoms with Gasteiger partial charge in [-0.05, 0) is 37.2 Å². The van der Waals surface area contributed by atoms with Gasteiger partial charge < -0.3 is 10.1 Å². The minimum atomic E-state index is -3.25. The highest BCUT2D eigenvalue weighted by molar-refractivity contribution is 7.91. The molecule has 0 bridgehead atoms. The lowest BCUT2D eigenvalue weighted by molar-refractivity contribution is 0.414. The first kappa shape index (κ1) is 16.0. The van der Waals surface area contributed by atoms with E-state index in [2.05, 4.69) is 12.2 Å². The molecule has 1 unspecified atom stereocenters. The molecule has 0 aliphatic rings. The number of hydrogen-bond acceptors (Lipinski definition) is 4. The maximum absolute atomic E-state index is 12.3. The van der Waals surface area contributed by atoms with E-state index in [9.17, 15) is 8.42 Å². The molecule has 1 aromatic carbocycles. The van der Waals surface area contributed by atoms with Crippen LogP contribution < -0.4 is 10.1 Å². The van der Waals surface area contributed by atoms with Gasteiger partial charge in [0, 0.05) is 6.04 Å². The molecule has 1 atom stereocenters. The summed E-state index contributed by atoms with van der Waals surface area (Å²) in [6, 6.07) is 6.57. The molecule has 0 spiro atoms. The molecule has 4 nitrogen and oxygen atoms in total. The fourth-order valence-electron chi connectivity index (χ4n) is 2.03. The van der Waals surface area contributed by atoms with Gasteiger partial charge in [0.25, 0.3) is 0 Å². The summed E-state index contributed by atoms with van der Waals surface area (Å²) < 4.78 is 29.7. The summed E-state index contributed by atoms with van der Waals surface area (Å²) in [6.07, 6.45) is 1.83. The Balaban J connectivity index is 2.83. The van der Waals surface area contributed by atoms with Gasteiger partial charge >= 0.3 is 0 Å². The second-order valence-corrected chi connectivity index (χ2v) is 6.53. The minimum Gasteiger partial charge on any atom is -0.497 e. The number of hydrogen-bond donors (Lipinski definition) is 1. The average molecular weight is 285 g/mol. The molecule has 1 aromatic rings. The minimum absolute atomic E-state index is 0.0158. The summed E-state index contributed by atoms with van der Waals surface area (Å²) in [5.74, 6) is 0.803.